The highest BCUT2D eigenvalue weighted by Gasteiger charge is 2.33. The second kappa shape index (κ2) is 12.7. The fourth-order valence-corrected chi connectivity index (χ4v) is 4.91. The van der Waals surface area contributed by atoms with E-state index in [1.165, 1.54) is 23.1 Å². The van der Waals surface area contributed by atoms with E-state index < -0.39 is 34.3 Å². The number of nitrogens with one attached hydrogen (secondary N) is 1. The van der Waals surface area contributed by atoms with Gasteiger partial charge in [-0.15, -0.1) is 0 Å². The van der Waals surface area contributed by atoms with Crippen molar-refractivity contribution < 1.29 is 22.4 Å². The van der Waals surface area contributed by atoms with Crippen LogP contribution in [0.2, 0.25) is 0 Å². The van der Waals surface area contributed by atoms with Gasteiger partial charge in [0.05, 0.1) is 11.9 Å². The van der Waals surface area contributed by atoms with E-state index in [0.717, 1.165) is 33.3 Å². The number of hydrogen-bond acceptors (Lipinski definition) is 4. The van der Waals surface area contributed by atoms with E-state index >= 15 is 0 Å². The summed E-state index contributed by atoms with van der Waals surface area (Å²) in [5.74, 6) is -1.56. The Morgan fingerprint density at radius 3 is 2.16 bits per heavy atom. The predicted octanol–water partition coefficient (Wildman–Crippen LogP) is 4.06. The molecule has 2 amide bonds. The average molecular weight is 540 g/mol. The zero-order chi connectivity index (χ0) is 27.9. The molecule has 0 aliphatic rings. The van der Waals surface area contributed by atoms with E-state index in [1.54, 1.807) is 0 Å². The Bertz CT molecular complexity index is 1350. The van der Waals surface area contributed by atoms with Crippen LogP contribution in [0.1, 0.15) is 30.5 Å². The zero-order valence-electron chi connectivity index (χ0n) is 22.1. The van der Waals surface area contributed by atoms with Gasteiger partial charge in [0, 0.05) is 19.0 Å². The lowest BCUT2D eigenvalue weighted by molar-refractivity contribution is -0.140. The molecule has 0 aromatic heterocycles. The number of nitrogens with zero attached hydrogens (tertiary/aromatic N) is 2. The van der Waals surface area contributed by atoms with Crippen LogP contribution in [-0.2, 0) is 32.6 Å². The van der Waals surface area contributed by atoms with E-state index in [0.29, 0.717) is 0 Å². The zero-order valence-corrected chi connectivity index (χ0v) is 22.9. The molecule has 0 unspecified atom stereocenters. The smallest absolute Gasteiger partial charge is 0.244 e. The molecule has 38 heavy (non-hydrogen) atoms. The summed E-state index contributed by atoms with van der Waals surface area (Å²) in [5.41, 5.74) is 2.71. The van der Waals surface area contributed by atoms with Crippen LogP contribution in [0.3, 0.4) is 0 Å². The Hall–Kier alpha value is -3.72. The normalized spacial score (nSPS) is 12.2. The standard InChI is InChI=1S/C29H34FN3O4S/c1-21(2)31-29(35)27(17-23-9-6-5-7-10-23)32(19-24-15-13-22(3)14-16-24)28(34)20-33(38(4,36)37)26-12-8-11-25(30)18-26/h5-16,18,21,27H,17,19-20H2,1-4H3,(H,31,35)/t27-/m0/s1. The first-order chi connectivity index (χ1) is 17.9. The molecule has 3 aromatic carbocycles. The number of halogens is 1. The average Bonchev–Trinajstić information content (AvgIpc) is 2.85. The fourth-order valence-electron chi connectivity index (χ4n) is 4.07. The Labute approximate surface area is 224 Å². The Kier molecular flexibility index (Phi) is 9.63. The number of amides is 2. The lowest BCUT2D eigenvalue weighted by atomic mass is 10.0. The van der Waals surface area contributed by atoms with Crippen LogP contribution in [-0.4, -0.2) is 50.0 Å². The van der Waals surface area contributed by atoms with Crippen LogP contribution in [0.15, 0.2) is 78.9 Å². The van der Waals surface area contributed by atoms with Gasteiger partial charge in [0.1, 0.15) is 18.4 Å². The molecule has 0 bridgehead atoms. The molecule has 9 heteroatoms. The minimum Gasteiger partial charge on any atom is -0.352 e. The maximum Gasteiger partial charge on any atom is 0.244 e. The highest BCUT2D eigenvalue weighted by Crippen LogP contribution is 2.21. The first-order valence-corrected chi connectivity index (χ1v) is 14.2. The molecule has 0 saturated carbocycles. The van der Waals surface area contributed by atoms with Crippen LogP contribution < -0.4 is 9.62 Å². The summed E-state index contributed by atoms with van der Waals surface area (Å²) < 4.78 is 40.2. The van der Waals surface area contributed by atoms with Crippen molar-refractivity contribution >= 4 is 27.5 Å². The van der Waals surface area contributed by atoms with E-state index in [-0.39, 0.29) is 30.6 Å². The van der Waals surface area contributed by atoms with Gasteiger partial charge in [-0.2, -0.15) is 0 Å². The highest BCUT2D eigenvalue weighted by atomic mass is 32.2. The number of carbonyl (C=O) groups excluding carboxylic acids is 2. The molecule has 202 valence electrons. The summed E-state index contributed by atoms with van der Waals surface area (Å²) in [7, 11) is -3.95. The van der Waals surface area contributed by atoms with Gasteiger partial charge in [0.25, 0.3) is 0 Å². The van der Waals surface area contributed by atoms with Crippen LogP contribution in [0.5, 0.6) is 0 Å². The van der Waals surface area contributed by atoms with Crippen molar-refractivity contribution in [1.29, 1.82) is 0 Å². The summed E-state index contributed by atoms with van der Waals surface area (Å²) in [6, 6.07) is 20.9. The van der Waals surface area contributed by atoms with Crippen molar-refractivity contribution in [2.24, 2.45) is 0 Å². The fraction of sp³-hybridized carbons (Fsp3) is 0.310. The molecule has 7 nitrogen and oxygen atoms in total. The summed E-state index contributed by atoms with van der Waals surface area (Å²) in [5, 5.41) is 2.90. The molecule has 3 rings (SSSR count). The Morgan fingerprint density at radius 1 is 0.921 bits per heavy atom. The first-order valence-electron chi connectivity index (χ1n) is 12.4. The van der Waals surface area contributed by atoms with Crippen molar-refractivity contribution in [1.82, 2.24) is 10.2 Å². The van der Waals surface area contributed by atoms with Gasteiger partial charge in [-0.05, 0) is 50.1 Å². The first kappa shape index (κ1) is 28.8. The van der Waals surface area contributed by atoms with Crippen molar-refractivity contribution in [3.05, 3.63) is 101 Å². The summed E-state index contributed by atoms with van der Waals surface area (Å²) in [4.78, 5) is 28.8. The van der Waals surface area contributed by atoms with E-state index in [9.17, 15) is 22.4 Å². The number of carbonyl (C=O) groups is 2. The third-order valence-corrected chi connectivity index (χ3v) is 7.09. The molecule has 0 fully saturated rings. The molecule has 0 heterocycles. The lowest BCUT2D eigenvalue weighted by Crippen LogP contribution is -2.54. The Morgan fingerprint density at radius 2 is 1.58 bits per heavy atom. The number of rotatable bonds is 11. The largest absolute Gasteiger partial charge is 0.352 e. The van der Waals surface area contributed by atoms with Gasteiger partial charge in [-0.25, -0.2) is 12.8 Å². The van der Waals surface area contributed by atoms with Gasteiger partial charge < -0.3 is 10.2 Å². The Balaban J connectivity index is 2.05. The predicted molar refractivity (Wildman–Crippen MR) is 148 cm³/mol. The van der Waals surface area contributed by atoms with Crippen LogP contribution in [0, 0.1) is 12.7 Å². The third-order valence-electron chi connectivity index (χ3n) is 5.95. The summed E-state index contributed by atoms with van der Waals surface area (Å²) >= 11 is 0. The molecule has 0 radical (unpaired) electrons. The molecule has 0 spiro atoms. The monoisotopic (exact) mass is 539 g/mol. The molecular weight excluding hydrogens is 505 g/mol. The molecule has 0 aliphatic carbocycles. The van der Waals surface area contributed by atoms with E-state index in [2.05, 4.69) is 5.32 Å². The van der Waals surface area contributed by atoms with Crippen molar-refractivity contribution in [3.63, 3.8) is 0 Å². The second-order valence-corrected chi connectivity index (χ2v) is 11.5. The molecule has 1 N–H and O–H groups in total. The maximum atomic E-state index is 14.0. The maximum absolute atomic E-state index is 14.0. The molecule has 0 aliphatic heterocycles. The second-order valence-electron chi connectivity index (χ2n) is 9.63. The van der Waals surface area contributed by atoms with Crippen LogP contribution in [0.4, 0.5) is 10.1 Å². The van der Waals surface area contributed by atoms with Gasteiger partial charge in [-0.3, -0.25) is 13.9 Å². The molecule has 1 atom stereocenters. The highest BCUT2D eigenvalue weighted by molar-refractivity contribution is 7.92. The van der Waals surface area contributed by atoms with Crippen LogP contribution >= 0.6 is 0 Å². The molecule has 3 aromatic rings. The number of sulfonamides is 1. The minimum atomic E-state index is -3.95. The molecular formula is C29H34FN3O4S. The summed E-state index contributed by atoms with van der Waals surface area (Å²) in [6.07, 6.45) is 1.19. The quantitative estimate of drug-likeness (QED) is 0.398. The van der Waals surface area contributed by atoms with Crippen molar-refractivity contribution in [3.8, 4) is 0 Å². The summed E-state index contributed by atoms with van der Waals surface area (Å²) in [6.45, 7) is 5.11. The number of hydrogen-bond donors (Lipinski definition) is 1. The SMILES string of the molecule is Cc1ccc(CN(C(=O)CN(c2cccc(F)c2)S(C)(=O)=O)[C@@H](Cc2ccccc2)C(=O)NC(C)C)cc1. The van der Waals surface area contributed by atoms with E-state index in [1.807, 2.05) is 75.4 Å². The van der Waals surface area contributed by atoms with E-state index in [4.69, 9.17) is 0 Å². The van der Waals surface area contributed by atoms with Gasteiger partial charge >= 0.3 is 0 Å². The van der Waals surface area contributed by atoms with Crippen molar-refractivity contribution in [2.75, 3.05) is 17.1 Å². The third kappa shape index (κ3) is 8.14. The number of anilines is 1. The van der Waals surface area contributed by atoms with Gasteiger partial charge in [0.2, 0.25) is 21.8 Å². The lowest BCUT2D eigenvalue weighted by Gasteiger charge is -2.34. The number of aryl methyl sites for hydroxylation is 1. The minimum absolute atomic E-state index is 0.0300. The topological polar surface area (TPSA) is 86.8 Å². The van der Waals surface area contributed by atoms with Crippen molar-refractivity contribution in [2.45, 2.75) is 45.8 Å². The van der Waals surface area contributed by atoms with Crippen LogP contribution in [0.25, 0.3) is 0 Å². The number of benzene rings is 3. The van der Waals surface area contributed by atoms with Gasteiger partial charge in [0.15, 0.2) is 0 Å². The molecule has 0 saturated heterocycles. The van der Waals surface area contributed by atoms with Gasteiger partial charge in [-0.1, -0.05) is 66.2 Å².